The third kappa shape index (κ3) is 6.54. The minimum absolute atomic E-state index is 0. The molecule has 1 aliphatic rings. The van der Waals surface area contributed by atoms with E-state index in [4.69, 9.17) is 15.2 Å². The number of halogens is 1. The van der Waals surface area contributed by atoms with Crippen LogP contribution in [-0.2, 0) is 14.3 Å². The Hall–Kier alpha value is -0.360. The van der Waals surface area contributed by atoms with Gasteiger partial charge in [-0.1, -0.05) is 12.8 Å². The van der Waals surface area contributed by atoms with Crippen molar-refractivity contribution in [3.05, 3.63) is 0 Å². The number of amides is 1. The number of hydrogen-bond donors (Lipinski definition) is 2. The van der Waals surface area contributed by atoms with Crippen LogP contribution in [0.2, 0.25) is 0 Å². The maximum atomic E-state index is 11.6. The van der Waals surface area contributed by atoms with E-state index in [1.165, 1.54) is 12.8 Å². The zero-order valence-corrected chi connectivity index (χ0v) is 11.8. The quantitative estimate of drug-likeness (QED) is 0.674. The second-order valence-corrected chi connectivity index (χ2v) is 4.50. The van der Waals surface area contributed by atoms with Crippen LogP contribution in [0.1, 0.15) is 25.7 Å². The van der Waals surface area contributed by atoms with Crippen LogP contribution < -0.4 is 11.1 Å². The van der Waals surface area contributed by atoms with Crippen molar-refractivity contribution in [1.82, 2.24) is 5.32 Å². The van der Waals surface area contributed by atoms with Gasteiger partial charge in [-0.3, -0.25) is 4.79 Å². The molecule has 0 bridgehead atoms. The molecule has 6 heteroatoms. The fourth-order valence-electron chi connectivity index (χ4n) is 2.24. The number of nitrogens with one attached hydrogen (secondary N) is 1. The van der Waals surface area contributed by atoms with Crippen LogP contribution in [-0.4, -0.2) is 45.4 Å². The molecule has 1 amide bonds. The molecular weight excluding hydrogens is 256 g/mol. The third-order valence-corrected chi connectivity index (χ3v) is 3.22. The summed E-state index contributed by atoms with van der Waals surface area (Å²) in [5.74, 6) is 0.373. The van der Waals surface area contributed by atoms with Crippen molar-refractivity contribution >= 4 is 18.3 Å². The first-order chi connectivity index (χ1) is 8.27. The van der Waals surface area contributed by atoms with Gasteiger partial charge in [-0.2, -0.15) is 0 Å². The highest BCUT2D eigenvalue weighted by atomic mass is 35.5. The van der Waals surface area contributed by atoms with Gasteiger partial charge in [-0.05, 0) is 25.3 Å². The highest BCUT2D eigenvalue weighted by Crippen LogP contribution is 2.23. The lowest BCUT2D eigenvalue weighted by Crippen LogP contribution is -2.46. The molecule has 0 aromatic carbocycles. The van der Waals surface area contributed by atoms with E-state index in [-0.39, 0.29) is 31.0 Å². The van der Waals surface area contributed by atoms with E-state index in [9.17, 15) is 4.79 Å². The number of hydrogen-bond acceptors (Lipinski definition) is 4. The van der Waals surface area contributed by atoms with E-state index >= 15 is 0 Å². The van der Waals surface area contributed by atoms with Gasteiger partial charge in [-0.15, -0.1) is 12.4 Å². The Bertz CT molecular complexity index is 229. The molecule has 3 N–H and O–H groups in total. The Balaban J connectivity index is 0.00000289. The summed E-state index contributed by atoms with van der Waals surface area (Å²) in [6.07, 6.45) is 4.54. The van der Waals surface area contributed by atoms with Gasteiger partial charge in [0.1, 0.15) is 6.61 Å². The average Bonchev–Trinajstić information content (AvgIpc) is 2.35. The van der Waals surface area contributed by atoms with Crippen molar-refractivity contribution in [2.24, 2.45) is 11.7 Å². The average molecular weight is 281 g/mol. The Labute approximate surface area is 115 Å². The minimum atomic E-state index is -0.0496. The van der Waals surface area contributed by atoms with E-state index < -0.39 is 0 Å². The molecule has 0 heterocycles. The molecule has 0 spiro atoms. The molecule has 2 atom stereocenters. The van der Waals surface area contributed by atoms with Crippen LogP contribution in [0.3, 0.4) is 0 Å². The molecule has 2 unspecified atom stereocenters. The third-order valence-electron chi connectivity index (χ3n) is 3.22. The van der Waals surface area contributed by atoms with Gasteiger partial charge in [0.15, 0.2) is 0 Å². The smallest absolute Gasteiger partial charge is 0.246 e. The van der Waals surface area contributed by atoms with Crippen molar-refractivity contribution < 1.29 is 14.3 Å². The molecule has 1 fully saturated rings. The van der Waals surface area contributed by atoms with Crippen LogP contribution >= 0.6 is 12.4 Å². The first-order valence-electron chi connectivity index (χ1n) is 6.34. The molecule has 0 aromatic heterocycles. The number of nitrogens with two attached hydrogens (primary N) is 1. The lowest BCUT2D eigenvalue weighted by Gasteiger charge is -2.31. The maximum absolute atomic E-state index is 11.6. The van der Waals surface area contributed by atoms with Crippen LogP contribution in [0.15, 0.2) is 0 Å². The topological polar surface area (TPSA) is 73.6 Å². The summed E-state index contributed by atoms with van der Waals surface area (Å²) < 4.78 is 10.0. The molecule has 0 aliphatic heterocycles. The Morgan fingerprint density at radius 1 is 1.33 bits per heavy atom. The van der Waals surface area contributed by atoms with E-state index in [0.717, 1.165) is 12.8 Å². The highest BCUT2D eigenvalue weighted by Gasteiger charge is 2.25. The second-order valence-electron chi connectivity index (χ2n) is 4.50. The van der Waals surface area contributed by atoms with Crippen LogP contribution in [0.5, 0.6) is 0 Å². The standard InChI is InChI=1S/C12H24N2O3.ClH/c1-16-6-7-17-9-12(15)14-11-5-3-2-4-10(11)8-13;/h10-11H,2-9,13H2,1H3,(H,14,15);1H. The normalized spacial score (nSPS) is 23.2. The van der Waals surface area contributed by atoms with Gasteiger partial charge >= 0.3 is 0 Å². The molecule has 0 radical (unpaired) electrons. The Morgan fingerprint density at radius 3 is 2.72 bits per heavy atom. The SMILES string of the molecule is COCCOCC(=O)NC1CCCCC1CN.Cl. The number of carbonyl (C=O) groups is 1. The molecule has 0 saturated heterocycles. The van der Waals surface area contributed by atoms with Crippen LogP contribution in [0.4, 0.5) is 0 Å². The van der Waals surface area contributed by atoms with Crippen molar-refractivity contribution in [1.29, 1.82) is 0 Å². The van der Waals surface area contributed by atoms with Crippen molar-refractivity contribution in [3.8, 4) is 0 Å². The summed E-state index contributed by atoms with van der Waals surface area (Å²) in [5.41, 5.74) is 5.71. The molecule has 108 valence electrons. The van der Waals surface area contributed by atoms with Gasteiger partial charge in [0.2, 0.25) is 5.91 Å². The van der Waals surface area contributed by atoms with E-state index in [2.05, 4.69) is 5.32 Å². The Kier molecular flexibility index (Phi) is 10.3. The maximum Gasteiger partial charge on any atom is 0.246 e. The highest BCUT2D eigenvalue weighted by molar-refractivity contribution is 5.85. The lowest BCUT2D eigenvalue weighted by atomic mass is 9.84. The van der Waals surface area contributed by atoms with Crippen molar-refractivity contribution in [3.63, 3.8) is 0 Å². The predicted molar refractivity (Wildman–Crippen MR) is 72.9 cm³/mol. The monoisotopic (exact) mass is 280 g/mol. The summed E-state index contributed by atoms with van der Waals surface area (Å²) in [5, 5.41) is 3.01. The fraction of sp³-hybridized carbons (Fsp3) is 0.917. The van der Waals surface area contributed by atoms with E-state index in [1.807, 2.05) is 0 Å². The van der Waals surface area contributed by atoms with Gasteiger partial charge in [-0.25, -0.2) is 0 Å². The zero-order chi connectivity index (χ0) is 12.5. The van der Waals surface area contributed by atoms with Gasteiger partial charge < -0.3 is 20.5 Å². The molecule has 1 saturated carbocycles. The molecular formula is C12H25ClN2O3. The van der Waals surface area contributed by atoms with Crippen molar-refractivity contribution in [2.75, 3.05) is 33.5 Å². The molecule has 1 aliphatic carbocycles. The molecule has 5 nitrogen and oxygen atoms in total. The zero-order valence-electron chi connectivity index (χ0n) is 11.0. The molecule has 0 aromatic rings. The Morgan fingerprint density at radius 2 is 2.06 bits per heavy atom. The summed E-state index contributed by atoms with van der Waals surface area (Å²) in [7, 11) is 1.61. The fourth-order valence-corrected chi connectivity index (χ4v) is 2.24. The van der Waals surface area contributed by atoms with E-state index in [1.54, 1.807) is 7.11 Å². The van der Waals surface area contributed by atoms with Gasteiger partial charge in [0.25, 0.3) is 0 Å². The first-order valence-corrected chi connectivity index (χ1v) is 6.34. The number of rotatable bonds is 7. The second kappa shape index (κ2) is 10.6. The lowest BCUT2D eigenvalue weighted by molar-refractivity contribution is -0.127. The summed E-state index contributed by atoms with van der Waals surface area (Å²) in [6.45, 7) is 1.73. The molecule has 18 heavy (non-hydrogen) atoms. The summed E-state index contributed by atoms with van der Waals surface area (Å²) in [4.78, 5) is 11.6. The van der Waals surface area contributed by atoms with Crippen LogP contribution in [0, 0.1) is 5.92 Å². The number of carbonyl (C=O) groups excluding carboxylic acids is 1. The largest absolute Gasteiger partial charge is 0.382 e. The number of methoxy groups -OCH3 is 1. The predicted octanol–water partition coefficient (Wildman–Crippen LogP) is 0.705. The van der Waals surface area contributed by atoms with Gasteiger partial charge in [0.05, 0.1) is 13.2 Å². The van der Waals surface area contributed by atoms with Gasteiger partial charge in [0, 0.05) is 13.2 Å². The minimum Gasteiger partial charge on any atom is -0.382 e. The van der Waals surface area contributed by atoms with E-state index in [0.29, 0.717) is 25.7 Å². The number of ether oxygens (including phenoxy) is 2. The van der Waals surface area contributed by atoms with Crippen LogP contribution in [0.25, 0.3) is 0 Å². The first kappa shape index (κ1) is 17.6. The molecule has 1 rings (SSSR count). The summed E-state index contributed by atoms with van der Waals surface area (Å²) in [6, 6.07) is 0.229. The van der Waals surface area contributed by atoms with Crippen molar-refractivity contribution in [2.45, 2.75) is 31.7 Å². The summed E-state index contributed by atoms with van der Waals surface area (Å²) >= 11 is 0.